The molecule has 0 aliphatic heterocycles. The van der Waals surface area contributed by atoms with Gasteiger partial charge < -0.3 is 0 Å². The van der Waals surface area contributed by atoms with Gasteiger partial charge in [0.2, 0.25) is 0 Å². The summed E-state index contributed by atoms with van der Waals surface area (Å²) in [6, 6.07) is 37.1. The first-order valence-electron chi connectivity index (χ1n) is 21.3. The van der Waals surface area contributed by atoms with Crippen molar-refractivity contribution in [3.8, 4) is 22.3 Å². The fourth-order valence-electron chi connectivity index (χ4n) is 7.88. The zero-order chi connectivity index (χ0) is 41.0. The summed E-state index contributed by atoms with van der Waals surface area (Å²) < 4.78 is 0. The molecule has 6 rings (SSSR count). The number of aryl methyl sites for hydroxylation is 4. The van der Waals surface area contributed by atoms with Crippen molar-refractivity contribution in [2.24, 2.45) is 0 Å². The van der Waals surface area contributed by atoms with Crippen LogP contribution >= 0.6 is 17.0 Å². The van der Waals surface area contributed by atoms with Gasteiger partial charge in [-0.05, 0) is 59.8 Å². The van der Waals surface area contributed by atoms with Crippen molar-refractivity contribution in [2.75, 3.05) is 0 Å². The number of hydrogen-bond donors (Lipinski definition) is 0. The minimum atomic E-state index is -0.826. The van der Waals surface area contributed by atoms with Crippen LogP contribution in [0.2, 0.25) is 13.1 Å². The zero-order valence-electron chi connectivity index (χ0n) is 36.2. The Morgan fingerprint density at radius 2 is 0.893 bits per heavy atom. The van der Waals surface area contributed by atoms with Crippen molar-refractivity contribution in [1.29, 1.82) is 0 Å². The molecule has 56 heavy (non-hydrogen) atoms. The Bertz CT molecular complexity index is 1870. The molecule has 6 aromatic rings. The normalized spacial score (nSPS) is 10.8. The Labute approximate surface area is 363 Å². The first-order valence-corrected chi connectivity index (χ1v) is 29.6. The molecule has 0 saturated heterocycles. The number of fused-ring (bicyclic) bond motifs is 2. The molecule has 0 atom stereocenters. The van der Waals surface area contributed by atoms with E-state index in [4.69, 9.17) is 17.0 Å². The van der Waals surface area contributed by atoms with Crippen LogP contribution in [-0.4, -0.2) is 9.52 Å². The van der Waals surface area contributed by atoms with Gasteiger partial charge >= 0.3 is 37.9 Å². The van der Waals surface area contributed by atoms with Crippen molar-refractivity contribution < 1.29 is 20.8 Å². The zero-order valence-corrected chi connectivity index (χ0v) is 41.2. The van der Waals surface area contributed by atoms with Gasteiger partial charge in [-0.2, -0.15) is 12.1 Å². The number of rotatable bonds is 14. The van der Waals surface area contributed by atoms with Crippen molar-refractivity contribution in [2.45, 2.75) is 145 Å². The molecule has 0 spiro atoms. The fraction of sp³-hybridized carbons (Fsp3) is 0.423. The van der Waals surface area contributed by atoms with Crippen LogP contribution in [0.1, 0.15) is 139 Å². The summed E-state index contributed by atoms with van der Waals surface area (Å²) in [4.78, 5) is 0. The standard InChI is InChI=1S/2C25H31.C2H6Si.2ClH.Zr/c2*1-5-7-11-19-16-21-15-14-20(10-6-2)25(24(21)17-19)23-13-9-8-12-22(23)18(3)4;1-3-2;;;/h2*8-9,12-18H,5-7,10-11H2,1-4H3;1-2H3;2*1H;/q2*-1;;;;+4/p-2. The third-order valence-corrected chi connectivity index (χ3v) is 10.5. The van der Waals surface area contributed by atoms with Gasteiger partial charge in [-0.15, -0.1) is 69.1 Å². The molecule has 0 bridgehead atoms. The second-order valence-corrected chi connectivity index (χ2v) is 20.4. The van der Waals surface area contributed by atoms with E-state index in [2.05, 4.69) is 166 Å². The Kier molecular flexibility index (Phi) is 22.4. The SMILES string of the molecule is CCCCc1cc2c(-c3ccccc3C(C)C)c(CCC)ccc2[cH-]1.CCCCc1cc2c(-c3ccccc3C(C)C)c(CCC)ccc2[cH-]1.C[Si]C.[Cl][Zr+2][Cl]. The molecule has 298 valence electrons. The first kappa shape index (κ1) is 48.2. The molecule has 0 fully saturated rings. The van der Waals surface area contributed by atoms with Gasteiger partial charge in [-0.25, -0.2) is 0 Å². The topological polar surface area (TPSA) is 0 Å². The minimum absolute atomic E-state index is 0.537. The van der Waals surface area contributed by atoms with Gasteiger partial charge in [-0.1, -0.05) is 178 Å². The van der Waals surface area contributed by atoms with Crippen molar-refractivity contribution >= 4 is 48.1 Å². The molecule has 0 aromatic heterocycles. The molecule has 0 saturated carbocycles. The van der Waals surface area contributed by atoms with Crippen molar-refractivity contribution in [1.82, 2.24) is 0 Å². The van der Waals surface area contributed by atoms with Crippen molar-refractivity contribution in [3.63, 3.8) is 0 Å². The number of halogens is 2. The van der Waals surface area contributed by atoms with Crippen LogP contribution < -0.4 is 0 Å². The second kappa shape index (κ2) is 26.0. The number of unbranched alkanes of at least 4 members (excludes halogenated alkanes) is 2. The van der Waals surface area contributed by atoms with E-state index in [-0.39, 0.29) is 0 Å². The van der Waals surface area contributed by atoms with Crippen LogP contribution in [0.5, 0.6) is 0 Å². The van der Waals surface area contributed by atoms with Gasteiger partial charge in [0, 0.05) is 9.52 Å². The summed E-state index contributed by atoms with van der Waals surface area (Å²) in [6.07, 6.45) is 12.1. The monoisotopic (exact) mass is 880 g/mol. The van der Waals surface area contributed by atoms with E-state index < -0.39 is 20.8 Å². The third-order valence-electron chi connectivity index (χ3n) is 10.5. The van der Waals surface area contributed by atoms with E-state index in [1.54, 1.807) is 0 Å². The van der Waals surface area contributed by atoms with Crippen LogP contribution in [0.25, 0.3) is 43.8 Å². The van der Waals surface area contributed by atoms with Gasteiger partial charge in [0.15, 0.2) is 0 Å². The maximum atomic E-state index is 4.93. The predicted molar refractivity (Wildman–Crippen MR) is 253 cm³/mol. The molecule has 0 aliphatic rings. The number of benzene rings is 4. The Morgan fingerprint density at radius 1 is 0.536 bits per heavy atom. The molecule has 0 amide bonds. The van der Waals surface area contributed by atoms with Gasteiger partial charge in [0.25, 0.3) is 0 Å². The average molecular weight is 883 g/mol. The molecule has 0 N–H and O–H groups in total. The van der Waals surface area contributed by atoms with Crippen LogP contribution in [-0.2, 0) is 46.5 Å². The molecule has 4 heteroatoms. The van der Waals surface area contributed by atoms with Crippen molar-refractivity contribution in [3.05, 3.63) is 130 Å². The molecular weight excluding hydrogens is 815 g/mol. The Hall–Kier alpha value is -2.22. The molecule has 6 aromatic carbocycles. The van der Waals surface area contributed by atoms with E-state index in [9.17, 15) is 0 Å². The summed E-state index contributed by atoms with van der Waals surface area (Å²) in [5.41, 5.74) is 14.7. The van der Waals surface area contributed by atoms with E-state index >= 15 is 0 Å². The van der Waals surface area contributed by atoms with Gasteiger partial charge in [-0.3, -0.25) is 0 Å². The molecule has 0 unspecified atom stereocenters. The van der Waals surface area contributed by atoms with E-state index in [0.29, 0.717) is 11.8 Å². The van der Waals surface area contributed by atoms with E-state index in [1.165, 1.54) is 129 Å². The summed E-state index contributed by atoms with van der Waals surface area (Å²) in [7, 11) is 11.0. The average Bonchev–Trinajstić information content (AvgIpc) is 3.81. The van der Waals surface area contributed by atoms with E-state index in [0.717, 1.165) is 22.4 Å². The summed E-state index contributed by atoms with van der Waals surface area (Å²) in [5.74, 6) is 1.07. The summed E-state index contributed by atoms with van der Waals surface area (Å²) in [5, 5.41) is 5.70. The molecule has 0 aliphatic carbocycles. The summed E-state index contributed by atoms with van der Waals surface area (Å²) in [6.45, 7) is 22.6. The summed E-state index contributed by atoms with van der Waals surface area (Å²) >= 11 is -0.826. The third kappa shape index (κ3) is 13.4. The molecular formula is C52H68Cl2SiZr. The number of hydrogen-bond acceptors (Lipinski definition) is 0. The van der Waals surface area contributed by atoms with Crippen LogP contribution in [0.4, 0.5) is 0 Å². The second-order valence-electron chi connectivity index (χ2n) is 15.7. The Morgan fingerprint density at radius 3 is 1.21 bits per heavy atom. The van der Waals surface area contributed by atoms with E-state index in [1.807, 2.05) is 0 Å². The Balaban J connectivity index is 0.000000264. The quantitative estimate of drug-likeness (QED) is 0.0755. The van der Waals surface area contributed by atoms with Crippen LogP contribution in [0, 0.1) is 0 Å². The van der Waals surface area contributed by atoms with Gasteiger partial charge in [0.1, 0.15) is 0 Å². The molecule has 0 nitrogen and oxygen atoms in total. The maximum absolute atomic E-state index is 4.93. The predicted octanol–water partition coefficient (Wildman–Crippen LogP) is 17.5. The van der Waals surface area contributed by atoms with Gasteiger partial charge in [0.05, 0.1) is 0 Å². The molecule has 0 heterocycles. The van der Waals surface area contributed by atoms with Crippen LogP contribution in [0.15, 0.2) is 97.1 Å². The van der Waals surface area contributed by atoms with Crippen LogP contribution in [0.3, 0.4) is 0 Å². The molecule has 2 radical (unpaired) electrons. The fourth-order valence-corrected chi connectivity index (χ4v) is 7.88. The first-order chi connectivity index (χ1) is 27.1.